The number of hydrogen-bond donors (Lipinski definition) is 2. The average Bonchev–Trinajstić information content (AvgIpc) is 3.29. The van der Waals surface area contributed by atoms with Gasteiger partial charge in [-0.25, -0.2) is 4.79 Å². The maximum atomic E-state index is 13.0. The number of esters is 1. The molecule has 0 bridgehead atoms. The molecule has 0 fully saturated rings. The lowest BCUT2D eigenvalue weighted by atomic mass is 10.0. The van der Waals surface area contributed by atoms with E-state index in [1.807, 2.05) is 24.3 Å². The number of para-hydroxylation sites is 1. The van der Waals surface area contributed by atoms with E-state index >= 15 is 0 Å². The molecule has 4 rings (SSSR count). The van der Waals surface area contributed by atoms with Gasteiger partial charge in [0.1, 0.15) is 11.8 Å². The summed E-state index contributed by atoms with van der Waals surface area (Å²) in [5, 5.41) is 4.16. The summed E-state index contributed by atoms with van der Waals surface area (Å²) < 4.78 is 10.4. The van der Waals surface area contributed by atoms with Gasteiger partial charge in [-0.05, 0) is 60.2 Å². The van der Waals surface area contributed by atoms with Crippen LogP contribution in [0.15, 0.2) is 79.0 Å². The largest absolute Gasteiger partial charge is 0.497 e. The van der Waals surface area contributed by atoms with Crippen LogP contribution in [0.3, 0.4) is 0 Å². The smallest absolute Gasteiger partial charge is 0.329 e. The Morgan fingerprint density at radius 1 is 0.943 bits per heavy atom. The first-order valence-corrected chi connectivity index (χ1v) is 11.3. The lowest BCUT2D eigenvalue weighted by molar-refractivity contribution is -0.144. The summed E-state index contributed by atoms with van der Waals surface area (Å²) in [5.74, 6) is -0.914. The van der Waals surface area contributed by atoms with E-state index in [0.717, 1.165) is 16.5 Å². The summed E-state index contributed by atoms with van der Waals surface area (Å²) in [6, 6.07) is 19.5. The SMILES string of the molecule is COc1ccc(C(=O)COC(=O)C(Cc2c[nH]c3ccccc23)NC(=O)c2ccc(Cl)cc2)cc1. The number of rotatable bonds is 9. The molecule has 2 N–H and O–H groups in total. The van der Waals surface area contributed by atoms with Gasteiger partial charge in [-0.1, -0.05) is 29.8 Å². The number of ether oxygens (including phenoxy) is 2. The molecule has 1 unspecified atom stereocenters. The number of nitrogens with one attached hydrogen (secondary N) is 2. The fourth-order valence-corrected chi connectivity index (χ4v) is 3.78. The standard InChI is InChI=1S/C27H23ClN2O5/c1-34-21-12-8-17(9-13-21)25(31)16-35-27(33)24(30-26(32)18-6-10-20(28)11-7-18)14-19-15-29-23-5-3-2-4-22(19)23/h2-13,15,24,29H,14,16H2,1H3,(H,30,32). The zero-order chi connectivity index (χ0) is 24.8. The highest BCUT2D eigenvalue weighted by Gasteiger charge is 2.25. The normalized spacial score (nSPS) is 11.6. The van der Waals surface area contributed by atoms with Crippen LogP contribution in [0.5, 0.6) is 5.75 Å². The molecule has 1 amide bonds. The molecule has 8 heteroatoms. The Morgan fingerprint density at radius 3 is 2.34 bits per heavy atom. The van der Waals surface area contributed by atoms with E-state index in [0.29, 0.717) is 21.9 Å². The number of methoxy groups -OCH3 is 1. The highest BCUT2D eigenvalue weighted by Crippen LogP contribution is 2.20. The number of H-pyrrole nitrogens is 1. The lowest BCUT2D eigenvalue weighted by Gasteiger charge is -2.18. The molecule has 4 aromatic rings. The van der Waals surface area contributed by atoms with Crippen molar-refractivity contribution in [3.63, 3.8) is 0 Å². The van der Waals surface area contributed by atoms with Gasteiger partial charge in [0.05, 0.1) is 7.11 Å². The predicted octanol–water partition coefficient (Wildman–Crippen LogP) is 4.60. The molecule has 0 spiro atoms. The van der Waals surface area contributed by atoms with Gasteiger partial charge >= 0.3 is 5.97 Å². The van der Waals surface area contributed by atoms with E-state index < -0.39 is 24.5 Å². The molecule has 0 aliphatic rings. The van der Waals surface area contributed by atoms with Crippen LogP contribution in [0.2, 0.25) is 5.02 Å². The first-order valence-electron chi connectivity index (χ1n) is 10.9. The van der Waals surface area contributed by atoms with E-state index in [1.165, 1.54) is 7.11 Å². The highest BCUT2D eigenvalue weighted by atomic mass is 35.5. The monoisotopic (exact) mass is 490 g/mol. The third kappa shape index (κ3) is 5.88. The first kappa shape index (κ1) is 24.0. The van der Waals surface area contributed by atoms with Crippen LogP contribution in [0.1, 0.15) is 26.3 Å². The van der Waals surface area contributed by atoms with Gasteiger partial charge in [0.25, 0.3) is 5.91 Å². The Kier molecular flexibility index (Phi) is 7.48. The molecule has 178 valence electrons. The maximum Gasteiger partial charge on any atom is 0.329 e. The molecule has 0 aliphatic heterocycles. The Hall–Kier alpha value is -4.10. The molecule has 0 radical (unpaired) electrons. The second-order valence-electron chi connectivity index (χ2n) is 7.86. The van der Waals surface area contributed by atoms with Crippen molar-refractivity contribution >= 4 is 40.2 Å². The summed E-state index contributed by atoms with van der Waals surface area (Å²) in [5.41, 5.74) is 2.48. The van der Waals surface area contributed by atoms with Crippen molar-refractivity contribution in [2.75, 3.05) is 13.7 Å². The van der Waals surface area contributed by atoms with Crippen molar-refractivity contribution in [1.82, 2.24) is 10.3 Å². The third-order valence-corrected chi connectivity index (χ3v) is 5.80. The van der Waals surface area contributed by atoms with E-state index in [1.54, 1.807) is 54.7 Å². The van der Waals surface area contributed by atoms with Gasteiger partial charge in [0, 0.05) is 39.7 Å². The van der Waals surface area contributed by atoms with Gasteiger partial charge in [-0.3, -0.25) is 9.59 Å². The lowest BCUT2D eigenvalue weighted by Crippen LogP contribution is -2.43. The Morgan fingerprint density at radius 2 is 1.63 bits per heavy atom. The van der Waals surface area contributed by atoms with Gasteiger partial charge in [0.15, 0.2) is 12.4 Å². The third-order valence-electron chi connectivity index (χ3n) is 5.55. The molecule has 1 atom stereocenters. The van der Waals surface area contributed by atoms with Crippen LogP contribution in [0.4, 0.5) is 0 Å². The Labute approximate surface area is 207 Å². The van der Waals surface area contributed by atoms with Crippen molar-refractivity contribution in [3.8, 4) is 5.75 Å². The minimum Gasteiger partial charge on any atom is -0.497 e. The Balaban J connectivity index is 1.50. The molecule has 0 aliphatic carbocycles. The number of aromatic amines is 1. The van der Waals surface area contributed by atoms with Crippen LogP contribution >= 0.6 is 11.6 Å². The quantitative estimate of drug-likeness (QED) is 0.264. The van der Waals surface area contributed by atoms with E-state index in [4.69, 9.17) is 21.1 Å². The molecular weight excluding hydrogens is 468 g/mol. The fraction of sp³-hybridized carbons (Fsp3) is 0.148. The predicted molar refractivity (Wildman–Crippen MR) is 133 cm³/mol. The van der Waals surface area contributed by atoms with Crippen molar-refractivity contribution in [1.29, 1.82) is 0 Å². The number of fused-ring (bicyclic) bond motifs is 1. The molecular formula is C27H23ClN2O5. The van der Waals surface area contributed by atoms with E-state index in [-0.39, 0.29) is 12.2 Å². The van der Waals surface area contributed by atoms with Crippen LogP contribution in [-0.2, 0) is 16.0 Å². The molecule has 1 aromatic heterocycles. The topological polar surface area (TPSA) is 97.5 Å². The van der Waals surface area contributed by atoms with Crippen LogP contribution < -0.4 is 10.1 Å². The number of amides is 1. The molecule has 7 nitrogen and oxygen atoms in total. The van der Waals surface area contributed by atoms with Crippen molar-refractivity contribution in [3.05, 3.63) is 101 Å². The number of benzene rings is 3. The van der Waals surface area contributed by atoms with Crippen LogP contribution in [0, 0.1) is 0 Å². The fourth-order valence-electron chi connectivity index (χ4n) is 3.65. The zero-order valence-electron chi connectivity index (χ0n) is 18.9. The first-order chi connectivity index (χ1) is 16.9. The molecule has 0 saturated carbocycles. The number of Topliss-reactive ketones (excluding diaryl/α,β-unsaturated/α-hetero) is 1. The van der Waals surface area contributed by atoms with Crippen molar-refractivity contribution in [2.45, 2.75) is 12.5 Å². The van der Waals surface area contributed by atoms with Crippen molar-refractivity contribution < 1.29 is 23.9 Å². The molecule has 0 saturated heterocycles. The summed E-state index contributed by atoms with van der Waals surface area (Å²) >= 11 is 5.91. The van der Waals surface area contributed by atoms with Gasteiger partial charge in [0.2, 0.25) is 0 Å². The molecule has 1 heterocycles. The second-order valence-corrected chi connectivity index (χ2v) is 8.29. The van der Waals surface area contributed by atoms with Gasteiger partial charge < -0.3 is 19.8 Å². The average molecular weight is 491 g/mol. The summed E-state index contributed by atoms with van der Waals surface area (Å²) in [6.07, 6.45) is 1.97. The van der Waals surface area contributed by atoms with Gasteiger partial charge in [-0.15, -0.1) is 0 Å². The number of halogens is 1. The summed E-state index contributed by atoms with van der Waals surface area (Å²) in [7, 11) is 1.53. The number of hydrogen-bond acceptors (Lipinski definition) is 5. The number of carbonyl (C=O) groups is 3. The number of aromatic nitrogens is 1. The van der Waals surface area contributed by atoms with Crippen molar-refractivity contribution in [2.24, 2.45) is 0 Å². The molecule has 3 aromatic carbocycles. The van der Waals surface area contributed by atoms with Crippen LogP contribution in [0.25, 0.3) is 10.9 Å². The summed E-state index contributed by atoms with van der Waals surface area (Å²) in [4.78, 5) is 41.5. The second kappa shape index (κ2) is 10.9. The Bertz CT molecular complexity index is 1350. The number of carbonyl (C=O) groups excluding carboxylic acids is 3. The summed E-state index contributed by atoms with van der Waals surface area (Å²) in [6.45, 7) is -0.452. The minimum atomic E-state index is -1.01. The highest BCUT2D eigenvalue weighted by molar-refractivity contribution is 6.30. The maximum absolute atomic E-state index is 13.0. The number of ketones is 1. The van der Waals surface area contributed by atoms with Gasteiger partial charge in [-0.2, -0.15) is 0 Å². The minimum absolute atomic E-state index is 0.179. The van der Waals surface area contributed by atoms with E-state index in [2.05, 4.69) is 10.3 Å². The van der Waals surface area contributed by atoms with E-state index in [9.17, 15) is 14.4 Å². The zero-order valence-corrected chi connectivity index (χ0v) is 19.7. The molecule has 35 heavy (non-hydrogen) atoms. The van der Waals surface area contributed by atoms with Crippen LogP contribution in [-0.4, -0.2) is 42.4 Å².